The zero-order chi connectivity index (χ0) is 20.9. The molecule has 0 saturated carbocycles. The fourth-order valence-corrected chi connectivity index (χ4v) is 4.46. The molecule has 0 spiro atoms. The molecular formula is C21H17BrF3N5. The number of nitrogens with one attached hydrogen (secondary N) is 1. The molecule has 5 nitrogen and oxygen atoms in total. The summed E-state index contributed by atoms with van der Waals surface area (Å²) in [5.74, 6) is 0.590. The topological polar surface area (TPSA) is 48.1 Å². The zero-order valence-corrected chi connectivity index (χ0v) is 17.3. The van der Waals surface area contributed by atoms with Crippen molar-refractivity contribution in [2.45, 2.75) is 6.18 Å². The monoisotopic (exact) mass is 475 g/mol. The zero-order valence-electron chi connectivity index (χ0n) is 15.7. The van der Waals surface area contributed by atoms with Gasteiger partial charge in [0.25, 0.3) is 0 Å². The molecule has 0 radical (unpaired) electrons. The lowest BCUT2D eigenvalue weighted by Crippen LogP contribution is -2.47. The maximum Gasteiger partial charge on any atom is 0.416 e. The Morgan fingerprint density at radius 1 is 1.00 bits per heavy atom. The van der Waals surface area contributed by atoms with Gasteiger partial charge in [-0.15, -0.1) is 0 Å². The molecule has 0 bridgehead atoms. The molecule has 0 atom stereocenters. The fraction of sp³-hybridized carbons (Fsp3) is 0.238. The standard InChI is InChI=1S/C21H17BrF3N5/c22-16-10-14(21(23,24)25)11-17-19(16)28-20(27-17)30-8-6-29(7-9-30)18-3-1-2-13-12-26-5-4-15(13)18/h1-5,10-12H,6-9H2,(H,27,28). The first-order valence-electron chi connectivity index (χ1n) is 9.49. The number of imidazole rings is 1. The molecule has 1 N–H and O–H groups in total. The van der Waals surface area contributed by atoms with E-state index in [0.717, 1.165) is 41.7 Å². The van der Waals surface area contributed by atoms with Gasteiger partial charge in [-0.1, -0.05) is 12.1 Å². The number of anilines is 2. The van der Waals surface area contributed by atoms with Crippen LogP contribution in [0.4, 0.5) is 24.8 Å². The molecule has 5 rings (SSSR count). The van der Waals surface area contributed by atoms with Crippen molar-refractivity contribution in [1.29, 1.82) is 0 Å². The number of hydrogen-bond acceptors (Lipinski definition) is 4. The van der Waals surface area contributed by atoms with Crippen LogP contribution < -0.4 is 9.80 Å². The number of hydrogen-bond donors (Lipinski definition) is 1. The van der Waals surface area contributed by atoms with Crippen LogP contribution in [0.2, 0.25) is 0 Å². The number of aromatic nitrogens is 3. The van der Waals surface area contributed by atoms with E-state index in [2.05, 4.69) is 46.7 Å². The smallest absolute Gasteiger partial charge is 0.367 e. The maximum absolute atomic E-state index is 13.1. The van der Waals surface area contributed by atoms with Crippen LogP contribution in [0.5, 0.6) is 0 Å². The van der Waals surface area contributed by atoms with Crippen molar-refractivity contribution in [2.75, 3.05) is 36.0 Å². The highest BCUT2D eigenvalue weighted by Gasteiger charge is 2.32. The molecule has 2 aromatic heterocycles. The van der Waals surface area contributed by atoms with Crippen molar-refractivity contribution in [3.63, 3.8) is 0 Å². The molecule has 0 amide bonds. The largest absolute Gasteiger partial charge is 0.416 e. The SMILES string of the molecule is FC(F)(F)c1cc(Br)c2nc(N3CCN(c4cccc5cnccc45)CC3)[nH]c2c1. The van der Waals surface area contributed by atoms with Crippen LogP contribution >= 0.6 is 15.9 Å². The number of nitrogens with zero attached hydrogens (tertiary/aromatic N) is 4. The van der Waals surface area contributed by atoms with Crippen LogP contribution in [0, 0.1) is 0 Å². The van der Waals surface area contributed by atoms with E-state index in [0.29, 0.717) is 34.5 Å². The lowest BCUT2D eigenvalue weighted by molar-refractivity contribution is -0.137. The first-order chi connectivity index (χ1) is 14.4. The molecule has 9 heteroatoms. The summed E-state index contributed by atoms with van der Waals surface area (Å²) in [6.45, 7) is 3.00. The second-order valence-electron chi connectivity index (χ2n) is 7.26. The Morgan fingerprint density at radius 3 is 2.53 bits per heavy atom. The normalized spacial score (nSPS) is 15.3. The lowest BCUT2D eigenvalue weighted by atomic mass is 10.1. The van der Waals surface area contributed by atoms with Crippen molar-refractivity contribution in [3.05, 3.63) is 58.8 Å². The Hall–Kier alpha value is -2.81. The van der Waals surface area contributed by atoms with Gasteiger partial charge in [0.1, 0.15) is 5.52 Å². The highest BCUT2D eigenvalue weighted by molar-refractivity contribution is 9.10. The average Bonchev–Trinajstić information content (AvgIpc) is 3.18. The van der Waals surface area contributed by atoms with Gasteiger partial charge in [-0.3, -0.25) is 4.98 Å². The number of halogens is 4. The molecule has 3 heterocycles. The van der Waals surface area contributed by atoms with Crippen LogP contribution in [0.1, 0.15) is 5.56 Å². The molecule has 1 aliphatic rings. The molecule has 4 aromatic rings. The molecule has 154 valence electrons. The van der Waals surface area contributed by atoms with Crippen molar-refractivity contribution >= 4 is 49.4 Å². The van der Waals surface area contributed by atoms with Gasteiger partial charge in [-0.05, 0) is 40.2 Å². The van der Waals surface area contributed by atoms with Gasteiger partial charge >= 0.3 is 6.18 Å². The summed E-state index contributed by atoms with van der Waals surface area (Å²) in [6.07, 6.45) is -0.748. The number of aromatic amines is 1. The molecule has 1 saturated heterocycles. The van der Waals surface area contributed by atoms with Gasteiger partial charge in [-0.2, -0.15) is 13.2 Å². The van der Waals surface area contributed by atoms with Gasteiger partial charge in [0.05, 0.1) is 11.1 Å². The molecular weight excluding hydrogens is 459 g/mol. The third kappa shape index (κ3) is 3.36. The minimum absolute atomic E-state index is 0.331. The summed E-state index contributed by atoms with van der Waals surface area (Å²) in [5, 5.41) is 2.26. The van der Waals surface area contributed by atoms with Gasteiger partial charge in [0, 0.05) is 59.5 Å². The van der Waals surface area contributed by atoms with Gasteiger partial charge < -0.3 is 14.8 Å². The number of fused-ring (bicyclic) bond motifs is 2. The highest BCUT2D eigenvalue weighted by atomic mass is 79.9. The van der Waals surface area contributed by atoms with Crippen LogP contribution in [0.15, 0.2) is 53.3 Å². The van der Waals surface area contributed by atoms with E-state index < -0.39 is 11.7 Å². The number of piperazine rings is 1. The number of pyridine rings is 1. The van der Waals surface area contributed by atoms with Gasteiger partial charge in [0.15, 0.2) is 0 Å². The van der Waals surface area contributed by atoms with Crippen molar-refractivity contribution in [1.82, 2.24) is 15.0 Å². The average molecular weight is 476 g/mol. The highest BCUT2D eigenvalue weighted by Crippen LogP contribution is 2.35. The third-order valence-corrected chi connectivity index (χ3v) is 6.04. The Bertz CT molecular complexity index is 1220. The first-order valence-corrected chi connectivity index (χ1v) is 10.3. The number of rotatable bonds is 2. The van der Waals surface area contributed by atoms with Crippen LogP contribution in [-0.4, -0.2) is 41.1 Å². The Morgan fingerprint density at radius 2 is 1.77 bits per heavy atom. The van der Waals surface area contributed by atoms with E-state index in [1.165, 1.54) is 0 Å². The predicted octanol–water partition coefficient (Wildman–Crippen LogP) is 5.22. The molecule has 1 fully saturated rings. The van der Waals surface area contributed by atoms with E-state index >= 15 is 0 Å². The van der Waals surface area contributed by atoms with Crippen LogP contribution in [0.3, 0.4) is 0 Å². The van der Waals surface area contributed by atoms with Crippen LogP contribution in [-0.2, 0) is 6.18 Å². The summed E-state index contributed by atoms with van der Waals surface area (Å²) in [4.78, 5) is 16.2. The first kappa shape index (κ1) is 19.2. The van der Waals surface area contributed by atoms with E-state index in [-0.39, 0.29) is 0 Å². The summed E-state index contributed by atoms with van der Waals surface area (Å²) >= 11 is 3.23. The van der Waals surface area contributed by atoms with Crippen molar-refractivity contribution in [3.8, 4) is 0 Å². The molecule has 0 unspecified atom stereocenters. The Balaban J connectivity index is 1.39. The van der Waals surface area contributed by atoms with Crippen molar-refractivity contribution in [2.24, 2.45) is 0 Å². The lowest BCUT2D eigenvalue weighted by Gasteiger charge is -2.36. The number of benzene rings is 2. The van der Waals surface area contributed by atoms with Crippen molar-refractivity contribution < 1.29 is 13.2 Å². The molecule has 1 aliphatic heterocycles. The fourth-order valence-electron chi connectivity index (χ4n) is 3.92. The minimum atomic E-state index is -4.40. The summed E-state index contributed by atoms with van der Waals surface area (Å²) in [6, 6.07) is 10.4. The second kappa shape index (κ2) is 7.16. The summed E-state index contributed by atoms with van der Waals surface area (Å²) in [7, 11) is 0. The molecule has 0 aliphatic carbocycles. The van der Waals surface area contributed by atoms with E-state index in [1.807, 2.05) is 24.4 Å². The quantitative estimate of drug-likeness (QED) is 0.431. The van der Waals surface area contributed by atoms with Gasteiger partial charge in [-0.25, -0.2) is 4.98 Å². The minimum Gasteiger partial charge on any atom is -0.367 e. The van der Waals surface area contributed by atoms with Gasteiger partial charge in [0.2, 0.25) is 5.95 Å². The van der Waals surface area contributed by atoms with Crippen LogP contribution in [0.25, 0.3) is 21.8 Å². The third-order valence-electron chi connectivity index (χ3n) is 5.43. The Kier molecular flexibility index (Phi) is 4.57. The number of alkyl halides is 3. The molecule has 30 heavy (non-hydrogen) atoms. The number of H-pyrrole nitrogens is 1. The van der Waals surface area contributed by atoms with E-state index in [1.54, 1.807) is 6.20 Å². The van der Waals surface area contributed by atoms with E-state index in [9.17, 15) is 13.2 Å². The Labute approximate surface area is 178 Å². The predicted molar refractivity (Wildman–Crippen MR) is 115 cm³/mol. The molecule has 2 aromatic carbocycles. The summed E-state index contributed by atoms with van der Waals surface area (Å²) < 4.78 is 39.6. The summed E-state index contributed by atoms with van der Waals surface area (Å²) in [5.41, 5.74) is 1.33. The maximum atomic E-state index is 13.1. The second-order valence-corrected chi connectivity index (χ2v) is 8.11. The van der Waals surface area contributed by atoms with E-state index in [4.69, 9.17) is 0 Å².